The topological polar surface area (TPSA) is 83.2 Å². The SMILES string of the molecule is COc1ccc(C2=NOC(c3ccccc3)C2(C)C(=O)c2c(-c3ccc(OC)cc3)noc2-c2ccccc2)cc1. The third-order valence-electron chi connectivity index (χ3n) is 7.52. The van der Waals surface area contributed by atoms with Crippen molar-refractivity contribution in [3.8, 4) is 34.1 Å². The maximum absolute atomic E-state index is 15.1. The van der Waals surface area contributed by atoms with E-state index in [-0.39, 0.29) is 5.78 Å². The van der Waals surface area contributed by atoms with Gasteiger partial charge < -0.3 is 18.8 Å². The van der Waals surface area contributed by atoms with Crippen LogP contribution in [0.1, 0.15) is 34.5 Å². The minimum absolute atomic E-state index is 0.218. The molecule has 0 saturated heterocycles. The number of aromatic nitrogens is 1. The first kappa shape index (κ1) is 26.1. The summed E-state index contributed by atoms with van der Waals surface area (Å²) in [7, 11) is 3.22. The molecule has 204 valence electrons. The van der Waals surface area contributed by atoms with Crippen LogP contribution in [0.4, 0.5) is 0 Å². The maximum Gasteiger partial charge on any atom is 0.185 e. The molecule has 0 spiro atoms. The second kappa shape index (κ2) is 10.8. The van der Waals surface area contributed by atoms with Gasteiger partial charge in [-0.1, -0.05) is 71.0 Å². The van der Waals surface area contributed by atoms with Crippen molar-refractivity contribution in [1.82, 2.24) is 5.16 Å². The summed E-state index contributed by atoms with van der Waals surface area (Å²) in [5, 5.41) is 8.94. The van der Waals surface area contributed by atoms with Crippen molar-refractivity contribution in [2.75, 3.05) is 14.2 Å². The molecule has 6 rings (SSSR count). The lowest BCUT2D eigenvalue weighted by molar-refractivity contribution is 0.0279. The largest absolute Gasteiger partial charge is 0.497 e. The predicted octanol–water partition coefficient (Wildman–Crippen LogP) is 7.39. The number of ketones is 1. The Hall–Kier alpha value is -5.17. The third-order valence-corrected chi connectivity index (χ3v) is 7.52. The fourth-order valence-electron chi connectivity index (χ4n) is 5.27. The summed E-state index contributed by atoms with van der Waals surface area (Å²) in [6.45, 7) is 1.88. The number of rotatable bonds is 8. The number of carbonyl (C=O) groups excluding carboxylic acids is 1. The number of benzene rings is 4. The molecule has 0 fully saturated rings. The van der Waals surface area contributed by atoms with Crippen LogP contribution >= 0.6 is 0 Å². The summed E-state index contributed by atoms with van der Waals surface area (Å²) in [5.74, 6) is 1.57. The van der Waals surface area contributed by atoms with E-state index >= 15 is 4.79 Å². The fourth-order valence-corrected chi connectivity index (χ4v) is 5.27. The van der Waals surface area contributed by atoms with E-state index in [0.717, 1.165) is 22.3 Å². The average Bonchev–Trinajstić information content (AvgIpc) is 3.64. The van der Waals surface area contributed by atoms with Crippen LogP contribution in [0, 0.1) is 5.41 Å². The van der Waals surface area contributed by atoms with E-state index in [1.807, 2.05) is 116 Å². The quantitative estimate of drug-likeness (QED) is 0.189. The van der Waals surface area contributed by atoms with Crippen molar-refractivity contribution in [2.24, 2.45) is 10.6 Å². The molecule has 7 heteroatoms. The van der Waals surface area contributed by atoms with Gasteiger partial charge in [-0.05, 0) is 61.0 Å². The van der Waals surface area contributed by atoms with Crippen molar-refractivity contribution >= 4 is 11.5 Å². The van der Waals surface area contributed by atoms with E-state index in [1.165, 1.54) is 0 Å². The molecule has 2 heterocycles. The molecule has 1 aliphatic heterocycles. The minimum atomic E-state index is -1.23. The molecule has 0 amide bonds. The van der Waals surface area contributed by atoms with Crippen LogP contribution in [0.15, 0.2) is 119 Å². The first-order valence-electron chi connectivity index (χ1n) is 13.2. The molecule has 0 bridgehead atoms. The summed E-state index contributed by atoms with van der Waals surface area (Å²) in [5.41, 5.74) is 3.13. The monoisotopic (exact) mass is 544 g/mol. The van der Waals surface area contributed by atoms with Crippen LogP contribution in [0.25, 0.3) is 22.6 Å². The maximum atomic E-state index is 15.1. The van der Waals surface area contributed by atoms with Crippen LogP contribution in [0.3, 0.4) is 0 Å². The Morgan fingerprint density at radius 1 is 0.732 bits per heavy atom. The molecule has 0 N–H and O–H groups in total. The van der Waals surface area contributed by atoms with Gasteiger partial charge in [0.2, 0.25) is 0 Å². The smallest absolute Gasteiger partial charge is 0.185 e. The zero-order valence-corrected chi connectivity index (χ0v) is 22.9. The lowest BCUT2D eigenvalue weighted by Crippen LogP contribution is -2.40. The Morgan fingerprint density at radius 3 is 1.88 bits per heavy atom. The standard InChI is InChI=1S/C34H28N2O5/c1-34(31(24-16-20-27(39-3)21-17-24)36-41-33(34)25-12-8-5-9-13-25)32(37)28-29(22-14-18-26(38-2)19-15-22)35-40-30(28)23-10-6-4-7-11-23/h4-21,33H,1-3H3. The third kappa shape index (κ3) is 4.55. The van der Waals surface area contributed by atoms with Gasteiger partial charge in [-0.25, -0.2) is 0 Å². The predicted molar refractivity (Wildman–Crippen MR) is 156 cm³/mol. The van der Waals surface area contributed by atoms with Crippen molar-refractivity contribution < 1.29 is 23.6 Å². The second-order valence-electron chi connectivity index (χ2n) is 9.93. The Balaban J connectivity index is 1.55. The number of methoxy groups -OCH3 is 2. The van der Waals surface area contributed by atoms with Gasteiger partial charge >= 0.3 is 0 Å². The molecule has 2 unspecified atom stereocenters. The van der Waals surface area contributed by atoms with E-state index in [0.29, 0.717) is 34.2 Å². The number of oxime groups is 1. The average molecular weight is 545 g/mol. The lowest BCUT2D eigenvalue weighted by atomic mass is 9.69. The lowest BCUT2D eigenvalue weighted by Gasteiger charge is -2.29. The van der Waals surface area contributed by atoms with Gasteiger partial charge in [0.1, 0.15) is 28.3 Å². The minimum Gasteiger partial charge on any atom is -0.497 e. The van der Waals surface area contributed by atoms with Crippen LogP contribution in [-0.2, 0) is 4.84 Å². The van der Waals surface area contributed by atoms with Crippen LogP contribution in [0.2, 0.25) is 0 Å². The van der Waals surface area contributed by atoms with Gasteiger partial charge in [-0.3, -0.25) is 4.79 Å². The Labute approximate surface area is 238 Å². The molecular formula is C34H28N2O5. The zero-order chi connectivity index (χ0) is 28.4. The van der Waals surface area contributed by atoms with Crippen LogP contribution in [0.5, 0.6) is 11.5 Å². The highest BCUT2D eigenvalue weighted by Crippen LogP contribution is 2.49. The molecule has 2 atom stereocenters. The van der Waals surface area contributed by atoms with Crippen molar-refractivity contribution in [3.05, 3.63) is 126 Å². The first-order valence-corrected chi connectivity index (χ1v) is 13.2. The molecule has 5 aromatic rings. The van der Waals surface area contributed by atoms with E-state index in [9.17, 15) is 0 Å². The highest BCUT2D eigenvalue weighted by molar-refractivity contribution is 6.25. The van der Waals surface area contributed by atoms with Gasteiger partial charge in [0, 0.05) is 16.7 Å². The first-order chi connectivity index (χ1) is 20.0. The molecule has 7 nitrogen and oxygen atoms in total. The van der Waals surface area contributed by atoms with Crippen LogP contribution in [-0.4, -0.2) is 30.9 Å². The number of hydrogen-bond acceptors (Lipinski definition) is 7. The second-order valence-corrected chi connectivity index (χ2v) is 9.93. The zero-order valence-electron chi connectivity index (χ0n) is 22.9. The molecule has 41 heavy (non-hydrogen) atoms. The molecular weight excluding hydrogens is 516 g/mol. The summed E-state index contributed by atoms with van der Waals surface area (Å²) in [6.07, 6.45) is -0.685. The molecule has 0 radical (unpaired) electrons. The summed E-state index contributed by atoms with van der Waals surface area (Å²) >= 11 is 0. The van der Waals surface area contributed by atoms with Gasteiger partial charge in [0.15, 0.2) is 17.6 Å². The Morgan fingerprint density at radius 2 is 1.29 bits per heavy atom. The van der Waals surface area contributed by atoms with E-state index in [4.69, 9.17) is 18.8 Å². The van der Waals surface area contributed by atoms with E-state index in [1.54, 1.807) is 14.2 Å². The Bertz CT molecular complexity index is 1690. The van der Waals surface area contributed by atoms with E-state index < -0.39 is 11.5 Å². The molecule has 4 aromatic carbocycles. The fraction of sp³-hybridized carbons (Fsp3) is 0.147. The summed E-state index contributed by atoms with van der Waals surface area (Å²) < 4.78 is 16.6. The number of hydrogen-bond donors (Lipinski definition) is 0. The normalized spacial score (nSPS) is 17.9. The molecule has 1 aliphatic rings. The molecule has 0 aliphatic carbocycles. The Kier molecular flexibility index (Phi) is 6.85. The molecule has 0 saturated carbocycles. The highest BCUT2D eigenvalue weighted by Gasteiger charge is 2.55. The van der Waals surface area contributed by atoms with Gasteiger partial charge in [-0.15, -0.1) is 0 Å². The van der Waals surface area contributed by atoms with Crippen molar-refractivity contribution in [2.45, 2.75) is 13.0 Å². The number of ether oxygens (including phenoxy) is 2. The van der Waals surface area contributed by atoms with Gasteiger partial charge in [-0.2, -0.15) is 0 Å². The molecule has 1 aromatic heterocycles. The number of carbonyl (C=O) groups is 1. The van der Waals surface area contributed by atoms with E-state index in [2.05, 4.69) is 10.3 Å². The summed E-state index contributed by atoms with van der Waals surface area (Å²) in [6, 6.07) is 34.0. The van der Waals surface area contributed by atoms with Gasteiger partial charge in [0.05, 0.1) is 19.8 Å². The number of nitrogens with zero attached hydrogens (tertiary/aromatic N) is 2. The van der Waals surface area contributed by atoms with Gasteiger partial charge in [0.25, 0.3) is 0 Å². The van der Waals surface area contributed by atoms with Crippen LogP contribution < -0.4 is 9.47 Å². The van der Waals surface area contributed by atoms with Crippen molar-refractivity contribution in [1.29, 1.82) is 0 Å². The number of Topliss-reactive ketones (excluding diaryl/α,β-unsaturated/α-hetero) is 1. The summed E-state index contributed by atoms with van der Waals surface area (Å²) in [4.78, 5) is 21.2. The van der Waals surface area contributed by atoms with Crippen molar-refractivity contribution in [3.63, 3.8) is 0 Å². The highest BCUT2D eigenvalue weighted by atomic mass is 16.6.